The van der Waals surface area contributed by atoms with E-state index >= 15 is 0 Å². The summed E-state index contributed by atoms with van der Waals surface area (Å²) in [6.07, 6.45) is 0.289. The van der Waals surface area contributed by atoms with Crippen LogP contribution in [0.1, 0.15) is 42.9 Å². The molecule has 204 valence electrons. The quantitative estimate of drug-likeness (QED) is 0.376. The van der Waals surface area contributed by atoms with Crippen molar-refractivity contribution in [1.29, 1.82) is 0 Å². The van der Waals surface area contributed by atoms with E-state index in [1.165, 1.54) is 11.0 Å². The number of phenolic OH excluding ortho intramolecular Hbond substituents is 1. The molecular formula is C30H32N2O7. The van der Waals surface area contributed by atoms with Gasteiger partial charge in [0.05, 0.1) is 11.6 Å². The summed E-state index contributed by atoms with van der Waals surface area (Å²) in [7, 11) is 3.15. The number of carbonyl (C=O) groups is 3. The fourth-order valence-electron chi connectivity index (χ4n) is 6.58. The molecule has 0 bridgehead atoms. The number of carbonyl (C=O) groups excluding carboxylic acids is 3. The van der Waals surface area contributed by atoms with E-state index in [-0.39, 0.29) is 35.6 Å². The van der Waals surface area contributed by atoms with Crippen LogP contribution in [0.15, 0.2) is 53.3 Å². The molecule has 1 fully saturated rings. The number of Topliss-reactive ketones (excluding diaryl/α,β-unsaturated/α-hetero) is 2. The van der Waals surface area contributed by atoms with Crippen molar-refractivity contribution in [2.24, 2.45) is 17.6 Å². The number of ketones is 2. The van der Waals surface area contributed by atoms with Gasteiger partial charge in [0.1, 0.15) is 22.8 Å². The van der Waals surface area contributed by atoms with Crippen molar-refractivity contribution in [2.45, 2.75) is 44.2 Å². The number of amides is 1. The van der Waals surface area contributed by atoms with Crippen molar-refractivity contribution in [3.05, 3.63) is 70.0 Å². The van der Waals surface area contributed by atoms with Crippen molar-refractivity contribution in [1.82, 2.24) is 4.90 Å². The number of rotatable bonds is 4. The Labute approximate surface area is 225 Å². The van der Waals surface area contributed by atoms with E-state index in [9.17, 15) is 34.8 Å². The summed E-state index contributed by atoms with van der Waals surface area (Å²) in [5.41, 5.74) is 5.24. The third-order valence-corrected chi connectivity index (χ3v) is 8.47. The summed E-state index contributed by atoms with van der Waals surface area (Å²) < 4.78 is 0. The van der Waals surface area contributed by atoms with E-state index in [1.54, 1.807) is 20.2 Å². The minimum Gasteiger partial charge on any atom is -0.508 e. The molecule has 0 saturated heterocycles. The lowest BCUT2D eigenvalue weighted by molar-refractivity contribution is -0.153. The topological polar surface area (TPSA) is 161 Å². The number of likely N-dealkylation sites (N-methyl/N-ethyl adjacent to an activating group) is 1. The number of hydrogen-bond donors (Lipinski definition) is 5. The van der Waals surface area contributed by atoms with Crippen LogP contribution in [0.3, 0.4) is 0 Å². The Morgan fingerprint density at radius 1 is 1.10 bits per heavy atom. The van der Waals surface area contributed by atoms with Gasteiger partial charge in [0.25, 0.3) is 5.91 Å². The molecule has 0 radical (unpaired) electrons. The first-order chi connectivity index (χ1) is 18.3. The van der Waals surface area contributed by atoms with Crippen LogP contribution in [0, 0.1) is 11.8 Å². The summed E-state index contributed by atoms with van der Waals surface area (Å²) in [4.78, 5) is 40.8. The molecule has 4 atom stereocenters. The fraction of sp³-hybridized carbons (Fsp3) is 0.367. The van der Waals surface area contributed by atoms with Gasteiger partial charge in [-0.1, -0.05) is 44.2 Å². The number of nitrogens with two attached hydrogens (primary N) is 1. The van der Waals surface area contributed by atoms with Crippen LogP contribution in [-0.2, 0) is 20.8 Å². The van der Waals surface area contributed by atoms with Crippen LogP contribution in [0.2, 0.25) is 0 Å². The number of phenols is 1. The first-order valence-electron chi connectivity index (χ1n) is 12.9. The maximum atomic E-state index is 13.9. The zero-order chi connectivity index (χ0) is 28.5. The molecule has 1 saturated carbocycles. The first kappa shape index (κ1) is 26.6. The second-order valence-electron chi connectivity index (χ2n) is 11.2. The number of aliphatic hydroxyl groups is 3. The number of nitrogens with zero attached hydrogens (tertiary/aromatic N) is 1. The average Bonchev–Trinajstić information content (AvgIpc) is 2.86. The Hall–Kier alpha value is -3.95. The molecule has 2 aromatic carbocycles. The van der Waals surface area contributed by atoms with Gasteiger partial charge in [-0.15, -0.1) is 0 Å². The number of fused-ring (bicyclic) bond motifs is 3. The Morgan fingerprint density at radius 3 is 2.41 bits per heavy atom. The largest absolute Gasteiger partial charge is 0.508 e. The molecule has 1 amide bonds. The molecular weight excluding hydrogens is 500 g/mol. The third-order valence-electron chi connectivity index (χ3n) is 8.47. The Balaban J connectivity index is 1.73. The van der Waals surface area contributed by atoms with Gasteiger partial charge in [-0.25, -0.2) is 0 Å². The highest BCUT2D eigenvalue weighted by Crippen LogP contribution is 2.53. The maximum absolute atomic E-state index is 13.9. The number of hydrogen-bond acceptors (Lipinski definition) is 8. The van der Waals surface area contributed by atoms with Gasteiger partial charge >= 0.3 is 0 Å². The molecule has 0 unspecified atom stereocenters. The predicted molar refractivity (Wildman–Crippen MR) is 144 cm³/mol. The highest BCUT2D eigenvalue weighted by molar-refractivity contribution is 6.24. The van der Waals surface area contributed by atoms with Crippen LogP contribution in [0.25, 0.3) is 16.9 Å². The Morgan fingerprint density at radius 2 is 1.79 bits per heavy atom. The number of primary amides is 1. The van der Waals surface area contributed by atoms with Crippen LogP contribution in [0.4, 0.5) is 0 Å². The normalized spacial score (nSPS) is 26.6. The van der Waals surface area contributed by atoms with Gasteiger partial charge in [-0.05, 0) is 67.1 Å². The molecule has 3 aliphatic carbocycles. The highest BCUT2D eigenvalue weighted by Gasteiger charge is 2.64. The number of benzene rings is 2. The fourth-order valence-corrected chi connectivity index (χ4v) is 6.58. The van der Waals surface area contributed by atoms with Crippen molar-refractivity contribution >= 4 is 23.2 Å². The lowest BCUT2D eigenvalue weighted by Gasteiger charge is -2.50. The molecule has 9 nitrogen and oxygen atoms in total. The van der Waals surface area contributed by atoms with Gasteiger partial charge in [-0.3, -0.25) is 19.3 Å². The minimum absolute atomic E-state index is 0.0485. The summed E-state index contributed by atoms with van der Waals surface area (Å²) in [5, 5.41) is 44.9. The average molecular weight is 533 g/mol. The van der Waals surface area contributed by atoms with Crippen LogP contribution in [-0.4, -0.2) is 68.5 Å². The summed E-state index contributed by atoms with van der Waals surface area (Å²) >= 11 is 0. The second kappa shape index (κ2) is 9.07. The minimum atomic E-state index is -2.65. The van der Waals surface area contributed by atoms with Gasteiger partial charge < -0.3 is 26.2 Å². The highest BCUT2D eigenvalue weighted by atomic mass is 16.3. The molecule has 39 heavy (non-hydrogen) atoms. The predicted octanol–water partition coefficient (Wildman–Crippen LogP) is 2.75. The van der Waals surface area contributed by atoms with Crippen molar-refractivity contribution in [2.75, 3.05) is 14.1 Å². The molecule has 0 aliphatic heterocycles. The molecule has 0 heterocycles. The SMILES string of the molecule is CC(C)c1cccc(-c2ccc(O)c3c2C[C@@H]2C[C@@H]4[C@@H](N(C)C)C(=O)C(C(N)=O)=C(O)[C@]4(O)C(=O)C2=C3O)c1. The lowest BCUT2D eigenvalue weighted by atomic mass is 9.57. The van der Waals surface area contributed by atoms with E-state index in [0.29, 0.717) is 5.56 Å². The van der Waals surface area contributed by atoms with Gasteiger partial charge in [0.15, 0.2) is 11.4 Å². The van der Waals surface area contributed by atoms with Crippen molar-refractivity contribution < 1.29 is 34.8 Å². The lowest BCUT2D eigenvalue weighted by Crippen LogP contribution is -2.65. The second-order valence-corrected chi connectivity index (χ2v) is 11.2. The van der Waals surface area contributed by atoms with E-state index in [1.807, 2.05) is 18.2 Å². The molecule has 3 aliphatic rings. The monoisotopic (exact) mass is 532 g/mol. The first-order valence-corrected chi connectivity index (χ1v) is 12.9. The van der Waals surface area contributed by atoms with E-state index in [4.69, 9.17) is 5.73 Å². The summed E-state index contributed by atoms with van der Waals surface area (Å²) in [5.74, 6) is -6.33. The van der Waals surface area contributed by atoms with Gasteiger partial charge in [0, 0.05) is 11.5 Å². The van der Waals surface area contributed by atoms with Crippen LogP contribution < -0.4 is 5.73 Å². The number of aromatic hydroxyl groups is 1. The molecule has 0 spiro atoms. The standard InChI is InChI=1S/C30H32N2O7/c1-13(2)14-6-5-7-15(10-14)17-8-9-20(33)22-18(17)11-16-12-19-24(32(3)4)26(35)23(29(31)38)28(37)30(19,39)27(36)21(16)25(22)34/h5-10,13,16,19,24,33-34,37,39H,11-12H2,1-4H3,(H2,31,38)/t16-,19-,24-,30-/m1/s1. The summed E-state index contributed by atoms with van der Waals surface area (Å²) in [6.45, 7) is 4.17. The maximum Gasteiger partial charge on any atom is 0.255 e. The smallest absolute Gasteiger partial charge is 0.255 e. The van der Waals surface area contributed by atoms with Gasteiger partial charge in [0.2, 0.25) is 5.78 Å². The molecule has 9 heteroatoms. The zero-order valence-corrected chi connectivity index (χ0v) is 22.2. The Kier molecular flexibility index (Phi) is 6.19. The van der Waals surface area contributed by atoms with E-state index in [2.05, 4.69) is 19.9 Å². The number of aliphatic hydroxyl groups excluding tert-OH is 2. The molecule has 2 aromatic rings. The van der Waals surface area contributed by atoms with Crippen molar-refractivity contribution in [3.8, 4) is 16.9 Å². The zero-order valence-electron chi connectivity index (χ0n) is 22.2. The Bertz CT molecular complexity index is 1500. The third kappa shape index (κ3) is 3.71. The van der Waals surface area contributed by atoms with Gasteiger partial charge in [-0.2, -0.15) is 0 Å². The summed E-state index contributed by atoms with van der Waals surface area (Å²) in [6, 6.07) is 10.1. The molecule has 5 rings (SSSR count). The molecule has 6 N–H and O–H groups in total. The van der Waals surface area contributed by atoms with E-state index < -0.39 is 58.0 Å². The molecule has 0 aromatic heterocycles. The van der Waals surface area contributed by atoms with Crippen molar-refractivity contribution in [3.63, 3.8) is 0 Å². The van der Waals surface area contributed by atoms with Crippen LogP contribution >= 0.6 is 0 Å². The van der Waals surface area contributed by atoms with E-state index in [0.717, 1.165) is 16.7 Å². The van der Waals surface area contributed by atoms with Crippen LogP contribution in [0.5, 0.6) is 5.75 Å².